The molecule has 0 unspecified atom stereocenters. The molecule has 1 aromatic rings. The number of rotatable bonds is 2. The van der Waals surface area contributed by atoms with Gasteiger partial charge in [0.05, 0.1) is 12.3 Å². The normalized spacial score (nSPS) is 9.88. The number of esters is 1. The molecule has 0 amide bonds. The van der Waals surface area contributed by atoms with E-state index >= 15 is 0 Å². The van der Waals surface area contributed by atoms with Crippen LogP contribution in [0.2, 0.25) is 0 Å². The molecule has 0 aromatic heterocycles. The minimum atomic E-state index is -1.32. The molecule has 0 spiro atoms. The van der Waals surface area contributed by atoms with Crippen LogP contribution in [0.5, 0.6) is 0 Å². The number of carbonyl (C=O) groups excluding carboxylic acids is 1. The van der Waals surface area contributed by atoms with E-state index in [0.717, 1.165) is 0 Å². The number of halogens is 3. The summed E-state index contributed by atoms with van der Waals surface area (Å²) >= 11 is 4.59. The summed E-state index contributed by atoms with van der Waals surface area (Å²) in [6.07, 6.45) is 0. The van der Waals surface area contributed by atoms with E-state index < -0.39 is 34.1 Å². The van der Waals surface area contributed by atoms with Crippen molar-refractivity contribution in [3.8, 4) is 0 Å². The maximum atomic E-state index is 13.2. The lowest BCUT2D eigenvalue weighted by molar-refractivity contribution is -0.134. The van der Waals surface area contributed by atoms with Crippen LogP contribution in [0.4, 0.5) is 18.9 Å². The van der Waals surface area contributed by atoms with Crippen molar-refractivity contribution in [1.29, 1.82) is 0 Å². The number of thiocarbonyl (C=S) groups is 1. The van der Waals surface area contributed by atoms with Gasteiger partial charge in [0.15, 0.2) is 16.6 Å². The average molecular weight is 263 g/mol. The molecule has 92 valence electrons. The van der Waals surface area contributed by atoms with Gasteiger partial charge in [0.2, 0.25) is 0 Å². The second-order valence-corrected chi connectivity index (χ2v) is 3.33. The van der Waals surface area contributed by atoms with Gasteiger partial charge in [0.1, 0.15) is 5.82 Å². The number of benzene rings is 1. The number of carbonyl (C=O) groups is 1. The van der Waals surface area contributed by atoms with Crippen molar-refractivity contribution in [2.24, 2.45) is 0 Å². The van der Waals surface area contributed by atoms with Crippen LogP contribution in [0.25, 0.3) is 0 Å². The van der Waals surface area contributed by atoms with Crippen LogP contribution in [0, 0.1) is 17.5 Å². The summed E-state index contributed by atoms with van der Waals surface area (Å²) < 4.78 is 43.1. The maximum Gasteiger partial charge on any atom is 0.366 e. The Bertz CT molecular complexity index is 465. The SMILES string of the molecule is CCOC(=O)C(=S)Nc1cc(F)c(F)cc1F. The third kappa shape index (κ3) is 3.42. The van der Waals surface area contributed by atoms with Crippen LogP contribution in [0.1, 0.15) is 6.92 Å². The highest BCUT2D eigenvalue weighted by molar-refractivity contribution is 7.82. The van der Waals surface area contributed by atoms with Gasteiger partial charge < -0.3 is 10.1 Å². The molecule has 0 aliphatic carbocycles. The molecule has 0 radical (unpaired) electrons. The molecule has 0 aliphatic rings. The summed E-state index contributed by atoms with van der Waals surface area (Å²) in [5.74, 6) is -4.50. The lowest BCUT2D eigenvalue weighted by Crippen LogP contribution is -2.23. The first-order valence-corrected chi connectivity index (χ1v) is 4.99. The molecule has 0 aliphatic heterocycles. The van der Waals surface area contributed by atoms with Crippen molar-refractivity contribution in [3.05, 3.63) is 29.6 Å². The highest BCUT2D eigenvalue weighted by Gasteiger charge is 2.15. The molecule has 0 atom stereocenters. The van der Waals surface area contributed by atoms with E-state index in [9.17, 15) is 18.0 Å². The van der Waals surface area contributed by atoms with Gasteiger partial charge in [-0.25, -0.2) is 18.0 Å². The van der Waals surface area contributed by atoms with Gasteiger partial charge in [-0.1, -0.05) is 12.2 Å². The Labute approximate surface area is 101 Å². The van der Waals surface area contributed by atoms with Crippen molar-refractivity contribution >= 4 is 28.9 Å². The van der Waals surface area contributed by atoms with Crippen molar-refractivity contribution in [2.45, 2.75) is 6.92 Å². The first-order chi connectivity index (χ1) is 7.95. The Hall–Kier alpha value is -1.63. The van der Waals surface area contributed by atoms with Gasteiger partial charge in [0, 0.05) is 12.1 Å². The third-order valence-corrected chi connectivity index (χ3v) is 1.99. The van der Waals surface area contributed by atoms with Crippen LogP contribution in [-0.2, 0) is 9.53 Å². The lowest BCUT2D eigenvalue weighted by atomic mass is 10.3. The summed E-state index contributed by atoms with van der Waals surface area (Å²) in [4.78, 5) is 10.7. The first kappa shape index (κ1) is 13.4. The van der Waals surface area contributed by atoms with Gasteiger partial charge in [0.25, 0.3) is 0 Å². The monoisotopic (exact) mass is 263 g/mol. The van der Waals surface area contributed by atoms with E-state index in [2.05, 4.69) is 22.3 Å². The van der Waals surface area contributed by atoms with Crippen LogP contribution in [0.15, 0.2) is 12.1 Å². The molecule has 0 bridgehead atoms. The van der Waals surface area contributed by atoms with E-state index in [0.29, 0.717) is 12.1 Å². The van der Waals surface area contributed by atoms with Gasteiger partial charge in [-0.15, -0.1) is 0 Å². The molecule has 17 heavy (non-hydrogen) atoms. The van der Waals surface area contributed by atoms with Gasteiger partial charge in [-0.3, -0.25) is 0 Å². The van der Waals surface area contributed by atoms with Crippen LogP contribution >= 0.6 is 12.2 Å². The largest absolute Gasteiger partial charge is 0.461 e. The van der Waals surface area contributed by atoms with Crippen molar-refractivity contribution < 1.29 is 22.7 Å². The van der Waals surface area contributed by atoms with E-state index in [1.165, 1.54) is 0 Å². The zero-order valence-corrected chi connectivity index (χ0v) is 9.54. The van der Waals surface area contributed by atoms with Gasteiger partial charge in [-0.05, 0) is 6.92 Å². The second kappa shape index (κ2) is 5.62. The van der Waals surface area contributed by atoms with E-state index in [1.54, 1.807) is 6.92 Å². The zero-order valence-electron chi connectivity index (χ0n) is 8.72. The highest BCUT2D eigenvalue weighted by Crippen LogP contribution is 2.18. The fraction of sp³-hybridized carbons (Fsp3) is 0.200. The number of ether oxygens (including phenoxy) is 1. The summed E-state index contributed by atoms with van der Waals surface area (Å²) in [5.41, 5.74) is -0.429. The predicted octanol–water partition coefficient (Wildman–Crippen LogP) is 2.41. The number of anilines is 1. The van der Waals surface area contributed by atoms with Crippen LogP contribution < -0.4 is 5.32 Å². The van der Waals surface area contributed by atoms with E-state index in [1.807, 2.05) is 0 Å². The number of nitrogens with one attached hydrogen (secondary N) is 1. The topological polar surface area (TPSA) is 38.3 Å². The molecule has 7 heteroatoms. The molecule has 3 nitrogen and oxygen atoms in total. The Morgan fingerprint density at radius 3 is 2.47 bits per heavy atom. The van der Waals surface area contributed by atoms with Crippen molar-refractivity contribution in [3.63, 3.8) is 0 Å². The zero-order chi connectivity index (χ0) is 13.0. The molecule has 0 heterocycles. The summed E-state index contributed by atoms with van der Waals surface area (Å²) in [7, 11) is 0. The molecular formula is C10H8F3NO2S. The Kier molecular flexibility index (Phi) is 4.45. The molecular weight excluding hydrogens is 255 g/mol. The number of hydrogen-bond acceptors (Lipinski definition) is 3. The van der Waals surface area contributed by atoms with E-state index in [-0.39, 0.29) is 6.61 Å². The highest BCUT2D eigenvalue weighted by atomic mass is 32.1. The minimum Gasteiger partial charge on any atom is -0.461 e. The maximum absolute atomic E-state index is 13.2. The molecule has 1 aromatic carbocycles. The fourth-order valence-corrected chi connectivity index (χ4v) is 1.16. The summed E-state index contributed by atoms with van der Waals surface area (Å²) in [6, 6.07) is 0.918. The Morgan fingerprint density at radius 1 is 1.29 bits per heavy atom. The first-order valence-electron chi connectivity index (χ1n) is 4.58. The summed E-state index contributed by atoms with van der Waals surface area (Å²) in [5, 5.41) is 2.14. The van der Waals surface area contributed by atoms with Gasteiger partial charge in [-0.2, -0.15) is 0 Å². The Morgan fingerprint density at radius 2 is 1.88 bits per heavy atom. The molecule has 0 fully saturated rings. The van der Waals surface area contributed by atoms with Crippen LogP contribution in [0.3, 0.4) is 0 Å². The van der Waals surface area contributed by atoms with Crippen molar-refractivity contribution in [2.75, 3.05) is 11.9 Å². The van der Waals surface area contributed by atoms with Gasteiger partial charge >= 0.3 is 5.97 Å². The lowest BCUT2D eigenvalue weighted by Gasteiger charge is -2.08. The standard InChI is InChI=1S/C10H8F3NO2S/c1-2-16-10(15)9(17)14-8-4-6(12)5(11)3-7(8)13/h3-4H,2H2,1H3,(H,14,17). The predicted molar refractivity (Wildman–Crippen MR) is 59.2 cm³/mol. The molecule has 0 saturated carbocycles. The van der Waals surface area contributed by atoms with Crippen molar-refractivity contribution in [1.82, 2.24) is 0 Å². The molecule has 1 N–H and O–H groups in total. The number of hydrogen-bond donors (Lipinski definition) is 1. The minimum absolute atomic E-state index is 0.0981. The fourth-order valence-electron chi connectivity index (χ4n) is 0.988. The molecule has 0 saturated heterocycles. The quantitative estimate of drug-likeness (QED) is 0.505. The van der Waals surface area contributed by atoms with Crippen LogP contribution in [-0.4, -0.2) is 17.6 Å². The Balaban J connectivity index is 2.85. The van der Waals surface area contributed by atoms with E-state index in [4.69, 9.17) is 0 Å². The second-order valence-electron chi connectivity index (χ2n) is 2.92. The smallest absolute Gasteiger partial charge is 0.366 e. The summed E-state index contributed by atoms with van der Waals surface area (Å²) in [6.45, 7) is 1.67. The average Bonchev–Trinajstić information content (AvgIpc) is 2.26. The molecule has 1 rings (SSSR count). The third-order valence-electron chi connectivity index (χ3n) is 1.72.